The molecule has 0 fully saturated rings. The smallest absolute Gasteiger partial charge is 0.278 e. The molecule has 0 atom stereocenters. The van der Waals surface area contributed by atoms with E-state index < -0.39 is 22.4 Å². The normalized spacial score (nSPS) is 13.8. The molecule has 0 saturated heterocycles. The number of carbonyl (C=O) groups is 3. The fourth-order valence-corrected chi connectivity index (χ4v) is 2.93. The summed E-state index contributed by atoms with van der Waals surface area (Å²) in [4.78, 5) is 46.0. The molecule has 130 valence electrons. The van der Waals surface area contributed by atoms with Crippen LogP contribution in [0.5, 0.6) is 0 Å². The van der Waals surface area contributed by atoms with Crippen LogP contribution in [0.15, 0.2) is 36.4 Å². The van der Waals surface area contributed by atoms with Crippen LogP contribution in [0.3, 0.4) is 0 Å². The molecule has 1 N–H and O–H groups in total. The zero-order valence-electron chi connectivity index (χ0n) is 13.4. The van der Waals surface area contributed by atoms with Gasteiger partial charge in [-0.25, -0.2) is 0 Å². The summed E-state index contributed by atoms with van der Waals surface area (Å²) in [5.41, 5.74) is 0.571. The highest BCUT2D eigenvalue weighted by molar-refractivity contribution is 6.56. The van der Waals surface area contributed by atoms with E-state index in [-0.39, 0.29) is 27.3 Å². The zero-order chi connectivity index (χ0) is 19.0. The second-order valence-corrected chi connectivity index (χ2v) is 6.04. The molecule has 3 rings (SSSR count). The van der Waals surface area contributed by atoms with E-state index in [1.165, 1.54) is 0 Å². The number of nitrogens with one attached hydrogen (secondary N) is 1. The van der Waals surface area contributed by atoms with Crippen molar-refractivity contribution in [1.29, 1.82) is 0 Å². The largest absolute Gasteiger partial charge is 0.298 e. The van der Waals surface area contributed by atoms with Crippen molar-refractivity contribution in [2.24, 2.45) is 0 Å². The first kappa shape index (κ1) is 17.5. The third-order valence-corrected chi connectivity index (χ3v) is 4.42. The van der Waals surface area contributed by atoms with Crippen molar-refractivity contribution in [3.8, 4) is 0 Å². The number of nitrogens with zero attached hydrogens (tertiary/aromatic N) is 1. The Labute approximate surface area is 152 Å². The molecule has 2 aromatic rings. The number of rotatable bonds is 4. The number of hydrogen-bond acceptors (Lipinski definition) is 5. The van der Waals surface area contributed by atoms with Crippen molar-refractivity contribution in [3.05, 3.63) is 74.3 Å². The van der Waals surface area contributed by atoms with Crippen LogP contribution >= 0.6 is 11.6 Å². The molecule has 1 aliphatic rings. The number of carbonyl (C=O) groups excluding carboxylic acids is 3. The maximum absolute atomic E-state index is 11.9. The number of aldehydes is 1. The second-order valence-electron chi connectivity index (χ2n) is 5.67. The van der Waals surface area contributed by atoms with Gasteiger partial charge in [-0.15, -0.1) is 0 Å². The Morgan fingerprint density at radius 3 is 2.23 bits per heavy atom. The monoisotopic (exact) mass is 370 g/mol. The molecular formula is C18H11ClN2O5. The zero-order valence-corrected chi connectivity index (χ0v) is 14.2. The van der Waals surface area contributed by atoms with Gasteiger partial charge in [-0.05, 0) is 18.6 Å². The van der Waals surface area contributed by atoms with Crippen molar-refractivity contribution in [1.82, 2.24) is 5.32 Å². The van der Waals surface area contributed by atoms with E-state index in [0.29, 0.717) is 11.8 Å². The predicted octanol–water partition coefficient (Wildman–Crippen LogP) is 3.09. The van der Waals surface area contributed by atoms with Gasteiger partial charge in [0.1, 0.15) is 0 Å². The Hall–Kier alpha value is -3.32. The average Bonchev–Trinajstić information content (AvgIpc) is 2.89. The molecule has 0 saturated carbocycles. The highest BCUT2D eigenvalue weighted by Crippen LogP contribution is 2.36. The first-order valence-electron chi connectivity index (χ1n) is 7.44. The van der Waals surface area contributed by atoms with Crippen LogP contribution in [0.1, 0.15) is 37.4 Å². The van der Waals surface area contributed by atoms with Crippen molar-refractivity contribution in [2.45, 2.75) is 6.92 Å². The first-order valence-corrected chi connectivity index (χ1v) is 7.81. The number of benzene rings is 2. The Bertz CT molecular complexity index is 1010. The third-order valence-electron chi connectivity index (χ3n) is 4.00. The van der Waals surface area contributed by atoms with Crippen molar-refractivity contribution >= 4 is 46.0 Å². The maximum atomic E-state index is 11.9. The summed E-state index contributed by atoms with van der Waals surface area (Å²) in [5, 5.41) is 13.5. The van der Waals surface area contributed by atoms with Gasteiger partial charge in [-0.3, -0.25) is 29.8 Å². The number of hydrogen-bond donors (Lipinski definition) is 1. The van der Waals surface area contributed by atoms with E-state index in [4.69, 9.17) is 11.6 Å². The highest BCUT2D eigenvalue weighted by atomic mass is 35.5. The molecule has 0 aromatic heterocycles. The average molecular weight is 371 g/mol. The first-order chi connectivity index (χ1) is 12.3. The fraction of sp³-hybridized carbons (Fsp3) is 0.0556. The fourth-order valence-electron chi connectivity index (χ4n) is 2.66. The van der Waals surface area contributed by atoms with Gasteiger partial charge in [-0.2, -0.15) is 0 Å². The summed E-state index contributed by atoms with van der Waals surface area (Å²) in [6, 6.07) is 9.04. The Balaban J connectivity index is 2.28. The van der Waals surface area contributed by atoms with Gasteiger partial charge in [0, 0.05) is 11.6 Å². The van der Waals surface area contributed by atoms with E-state index in [2.05, 4.69) is 5.32 Å². The van der Waals surface area contributed by atoms with Gasteiger partial charge in [0.15, 0.2) is 6.29 Å². The summed E-state index contributed by atoms with van der Waals surface area (Å²) in [5.74, 6) is -1.40. The molecule has 0 unspecified atom stereocenters. The van der Waals surface area contributed by atoms with Gasteiger partial charge in [0.05, 0.1) is 26.6 Å². The van der Waals surface area contributed by atoms with Crippen LogP contribution in [0.25, 0.3) is 10.6 Å². The molecular weight excluding hydrogens is 360 g/mol. The van der Waals surface area contributed by atoms with Crippen LogP contribution in [0.4, 0.5) is 5.69 Å². The highest BCUT2D eigenvalue weighted by Gasteiger charge is 2.32. The molecule has 0 radical (unpaired) electrons. The summed E-state index contributed by atoms with van der Waals surface area (Å²) in [7, 11) is 0. The summed E-state index contributed by atoms with van der Waals surface area (Å²) >= 11 is 6.31. The molecule has 8 heteroatoms. The number of halogens is 1. The number of fused-ring (bicyclic) bond motifs is 1. The molecule has 0 bridgehead atoms. The third kappa shape index (κ3) is 2.89. The molecule has 0 spiro atoms. The quantitative estimate of drug-likeness (QED) is 0.222. The van der Waals surface area contributed by atoms with Crippen LogP contribution in [-0.4, -0.2) is 23.0 Å². The number of imide groups is 1. The van der Waals surface area contributed by atoms with Crippen LogP contribution in [-0.2, 0) is 4.79 Å². The van der Waals surface area contributed by atoms with Crippen LogP contribution in [0, 0.1) is 17.0 Å². The summed E-state index contributed by atoms with van der Waals surface area (Å²) < 4.78 is 0. The van der Waals surface area contributed by atoms with Crippen molar-refractivity contribution in [3.63, 3.8) is 0 Å². The molecule has 1 heterocycles. The van der Waals surface area contributed by atoms with Gasteiger partial charge in [-0.1, -0.05) is 41.4 Å². The maximum Gasteiger partial charge on any atom is 0.278 e. The lowest BCUT2D eigenvalue weighted by Crippen LogP contribution is -2.19. The van der Waals surface area contributed by atoms with Crippen molar-refractivity contribution in [2.75, 3.05) is 0 Å². The van der Waals surface area contributed by atoms with E-state index in [9.17, 15) is 24.5 Å². The standard InChI is InChI=1S/C18H11ClN2O5/c1-9-2-4-10(5-3-9)16(19)14(8-22)11-6-12-13(7-15(11)21(25)26)18(24)20-17(12)23/h2-8H,1H3,(H,20,23,24)/b16-14-. The molecule has 26 heavy (non-hydrogen) atoms. The van der Waals surface area contributed by atoms with Crippen LogP contribution in [0.2, 0.25) is 0 Å². The van der Waals surface area contributed by atoms with Crippen molar-refractivity contribution < 1.29 is 19.3 Å². The topological polar surface area (TPSA) is 106 Å². The lowest BCUT2D eigenvalue weighted by atomic mass is 9.96. The van der Waals surface area contributed by atoms with Gasteiger partial charge >= 0.3 is 0 Å². The Morgan fingerprint density at radius 2 is 1.69 bits per heavy atom. The number of amides is 2. The minimum Gasteiger partial charge on any atom is -0.298 e. The number of nitro benzene ring substituents is 1. The molecule has 1 aliphatic heterocycles. The van der Waals surface area contributed by atoms with Gasteiger partial charge in [0.2, 0.25) is 0 Å². The summed E-state index contributed by atoms with van der Waals surface area (Å²) in [6.07, 6.45) is 0.394. The lowest BCUT2D eigenvalue weighted by Gasteiger charge is -2.08. The minimum absolute atomic E-state index is 0.00721. The molecule has 7 nitrogen and oxygen atoms in total. The summed E-state index contributed by atoms with van der Waals surface area (Å²) in [6.45, 7) is 1.88. The SMILES string of the molecule is Cc1ccc(/C(Cl)=C(\C=O)c2cc3c(cc2[N+](=O)[O-])C(=O)NC3=O)cc1. The Kier molecular flexibility index (Phi) is 4.40. The van der Waals surface area contributed by atoms with Gasteiger partial charge < -0.3 is 0 Å². The van der Waals surface area contributed by atoms with Gasteiger partial charge in [0.25, 0.3) is 17.5 Å². The lowest BCUT2D eigenvalue weighted by molar-refractivity contribution is -0.385. The second kappa shape index (κ2) is 6.53. The number of allylic oxidation sites excluding steroid dienone is 1. The van der Waals surface area contributed by atoms with E-state index in [1.54, 1.807) is 24.3 Å². The molecule has 2 amide bonds. The van der Waals surface area contributed by atoms with Crippen LogP contribution < -0.4 is 5.32 Å². The molecule has 0 aliphatic carbocycles. The van der Waals surface area contributed by atoms with E-state index in [0.717, 1.165) is 17.7 Å². The minimum atomic E-state index is -0.728. The van der Waals surface area contributed by atoms with E-state index >= 15 is 0 Å². The van der Waals surface area contributed by atoms with E-state index in [1.807, 2.05) is 6.92 Å². The number of aryl methyl sites for hydroxylation is 1. The number of nitro groups is 1. The molecule has 2 aromatic carbocycles. The Morgan fingerprint density at radius 1 is 1.12 bits per heavy atom. The predicted molar refractivity (Wildman–Crippen MR) is 94.8 cm³/mol.